The number of amides is 2. The number of hydrogen-bond donors (Lipinski definition) is 2. The number of piperazine rings is 1. The maximum atomic E-state index is 13.6. The highest BCUT2D eigenvalue weighted by Gasteiger charge is 2.22. The number of carbonyl (C=O) groups is 1. The molecule has 1 fully saturated rings. The van der Waals surface area contributed by atoms with Gasteiger partial charge in [0.15, 0.2) is 11.6 Å². The first-order valence-corrected chi connectivity index (χ1v) is 6.92. The Bertz CT molecular complexity index is 499. The van der Waals surface area contributed by atoms with Crippen molar-refractivity contribution in [1.29, 1.82) is 0 Å². The van der Waals surface area contributed by atoms with E-state index in [9.17, 15) is 13.6 Å². The molecule has 1 aromatic rings. The molecule has 0 saturated carbocycles. The number of nitrogens with one attached hydrogen (secondary N) is 1. The van der Waals surface area contributed by atoms with Crippen LogP contribution in [0.5, 0.6) is 0 Å². The molecule has 0 spiro atoms. The molecule has 1 heterocycles. The number of anilines is 1. The van der Waals surface area contributed by atoms with E-state index in [0.29, 0.717) is 32.7 Å². The predicted molar refractivity (Wildman–Crippen MR) is 75.5 cm³/mol. The van der Waals surface area contributed by atoms with Crippen LogP contribution in [0.2, 0.25) is 5.02 Å². The van der Waals surface area contributed by atoms with Crippen molar-refractivity contribution >= 4 is 23.3 Å². The van der Waals surface area contributed by atoms with Gasteiger partial charge >= 0.3 is 6.03 Å². The molecule has 0 aliphatic carbocycles. The summed E-state index contributed by atoms with van der Waals surface area (Å²) in [7, 11) is 0. The third-order valence-corrected chi connectivity index (χ3v) is 3.53. The summed E-state index contributed by atoms with van der Waals surface area (Å²) in [6, 6.07) is 1.33. The second kappa shape index (κ2) is 7.02. The topological polar surface area (TPSA) is 55.8 Å². The van der Waals surface area contributed by atoms with Gasteiger partial charge in [-0.25, -0.2) is 13.6 Å². The fraction of sp³-hybridized carbons (Fsp3) is 0.462. The fourth-order valence-electron chi connectivity index (χ4n) is 2.16. The van der Waals surface area contributed by atoms with E-state index in [4.69, 9.17) is 16.7 Å². The van der Waals surface area contributed by atoms with Gasteiger partial charge in [0.2, 0.25) is 0 Å². The molecule has 0 bridgehead atoms. The van der Waals surface area contributed by atoms with Crippen LogP contribution >= 0.6 is 11.6 Å². The highest BCUT2D eigenvalue weighted by Crippen LogP contribution is 2.23. The molecule has 1 aromatic carbocycles. The number of halogens is 3. The van der Waals surface area contributed by atoms with Crippen LogP contribution in [0.1, 0.15) is 0 Å². The molecule has 8 heteroatoms. The molecule has 2 amide bonds. The number of nitrogens with zero attached hydrogens (tertiary/aromatic N) is 2. The van der Waals surface area contributed by atoms with Crippen molar-refractivity contribution in [3.8, 4) is 0 Å². The SMILES string of the molecule is O=C(Nc1c(F)cc(Cl)cc1F)N1CCN(CCO)CC1. The minimum absolute atomic E-state index is 0.0629. The lowest BCUT2D eigenvalue weighted by Crippen LogP contribution is -2.50. The van der Waals surface area contributed by atoms with Gasteiger partial charge in [-0.1, -0.05) is 11.6 Å². The smallest absolute Gasteiger partial charge is 0.322 e. The normalized spacial score (nSPS) is 16.1. The van der Waals surface area contributed by atoms with Gasteiger partial charge in [0.05, 0.1) is 6.61 Å². The van der Waals surface area contributed by atoms with Gasteiger partial charge in [-0.3, -0.25) is 4.90 Å². The fourth-order valence-corrected chi connectivity index (χ4v) is 2.36. The van der Waals surface area contributed by atoms with Crippen molar-refractivity contribution < 1.29 is 18.7 Å². The molecule has 0 unspecified atom stereocenters. The van der Waals surface area contributed by atoms with Crippen LogP contribution in [-0.2, 0) is 0 Å². The van der Waals surface area contributed by atoms with Crippen LogP contribution in [0.15, 0.2) is 12.1 Å². The summed E-state index contributed by atoms with van der Waals surface area (Å²) in [5, 5.41) is 11.0. The zero-order chi connectivity index (χ0) is 15.4. The van der Waals surface area contributed by atoms with Gasteiger partial charge in [-0.2, -0.15) is 0 Å². The summed E-state index contributed by atoms with van der Waals surface area (Å²) >= 11 is 5.52. The molecule has 2 N–H and O–H groups in total. The molecule has 1 aliphatic heterocycles. The summed E-state index contributed by atoms with van der Waals surface area (Å²) in [4.78, 5) is 15.5. The van der Waals surface area contributed by atoms with Crippen molar-refractivity contribution in [1.82, 2.24) is 9.80 Å². The van der Waals surface area contributed by atoms with E-state index in [1.54, 1.807) is 0 Å². The second-order valence-corrected chi connectivity index (χ2v) is 5.16. The summed E-state index contributed by atoms with van der Waals surface area (Å²) in [5.41, 5.74) is -0.498. The zero-order valence-corrected chi connectivity index (χ0v) is 12.0. The molecule has 0 aromatic heterocycles. The molecule has 0 atom stereocenters. The van der Waals surface area contributed by atoms with E-state index in [1.165, 1.54) is 4.90 Å². The molecular weight excluding hydrogens is 304 g/mol. The monoisotopic (exact) mass is 319 g/mol. The van der Waals surface area contributed by atoms with Gasteiger partial charge in [-0.15, -0.1) is 0 Å². The van der Waals surface area contributed by atoms with E-state index < -0.39 is 23.4 Å². The summed E-state index contributed by atoms with van der Waals surface area (Å²) in [6.07, 6.45) is 0. The van der Waals surface area contributed by atoms with E-state index in [-0.39, 0.29) is 11.6 Å². The van der Waals surface area contributed by atoms with Crippen molar-refractivity contribution in [2.24, 2.45) is 0 Å². The minimum atomic E-state index is -0.910. The number of aliphatic hydroxyl groups excluding tert-OH is 1. The first-order chi connectivity index (χ1) is 10.0. The Morgan fingerprint density at radius 2 is 1.81 bits per heavy atom. The van der Waals surface area contributed by atoms with Crippen LogP contribution in [0.3, 0.4) is 0 Å². The van der Waals surface area contributed by atoms with Crippen LogP contribution in [-0.4, -0.2) is 60.3 Å². The number of β-amino-alcohol motifs (C(OH)–C–C–N with tert-alkyl or cyclic N) is 1. The van der Waals surface area contributed by atoms with Gasteiger partial charge in [-0.05, 0) is 12.1 Å². The largest absolute Gasteiger partial charge is 0.395 e. The Morgan fingerprint density at radius 3 is 2.33 bits per heavy atom. The average Bonchev–Trinajstić information content (AvgIpc) is 2.43. The summed E-state index contributed by atoms with van der Waals surface area (Å²) < 4.78 is 27.2. The van der Waals surface area contributed by atoms with Gasteiger partial charge < -0.3 is 15.3 Å². The van der Waals surface area contributed by atoms with Gasteiger partial charge in [0.25, 0.3) is 0 Å². The van der Waals surface area contributed by atoms with Crippen LogP contribution < -0.4 is 5.32 Å². The molecule has 1 saturated heterocycles. The van der Waals surface area contributed by atoms with Crippen molar-refractivity contribution in [2.45, 2.75) is 0 Å². The summed E-state index contributed by atoms with van der Waals surface area (Å²) in [5.74, 6) is -1.82. The minimum Gasteiger partial charge on any atom is -0.395 e. The van der Waals surface area contributed by atoms with Crippen LogP contribution in [0.25, 0.3) is 0 Å². The second-order valence-electron chi connectivity index (χ2n) is 4.73. The first kappa shape index (κ1) is 15.9. The summed E-state index contributed by atoms with van der Waals surface area (Å²) in [6.45, 7) is 2.70. The molecule has 116 valence electrons. The molecule has 2 rings (SSSR count). The van der Waals surface area contributed by atoms with E-state index in [2.05, 4.69) is 5.32 Å². The Labute approximate surface area is 126 Å². The number of benzene rings is 1. The Balaban J connectivity index is 1.97. The lowest BCUT2D eigenvalue weighted by molar-refractivity contribution is 0.127. The van der Waals surface area contributed by atoms with E-state index in [0.717, 1.165) is 12.1 Å². The molecule has 21 heavy (non-hydrogen) atoms. The molecule has 5 nitrogen and oxygen atoms in total. The standard InChI is InChI=1S/C13H16ClF2N3O2/c14-9-7-10(15)12(11(16)8-9)17-13(21)19-3-1-18(2-4-19)5-6-20/h7-8,20H,1-6H2,(H,17,21). The lowest BCUT2D eigenvalue weighted by atomic mass is 10.3. The molecule has 1 aliphatic rings. The third-order valence-electron chi connectivity index (χ3n) is 3.31. The predicted octanol–water partition coefficient (Wildman–Crippen LogP) is 1.76. The third kappa shape index (κ3) is 4.03. The number of carbonyl (C=O) groups excluding carboxylic acids is 1. The number of aliphatic hydroxyl groups is 1. The molecule has 0 radical (unpaired) electrons. The first-order valence-electron chi connectivity index (χ1n) is 6.55. The number of urea groups is 1. The van der Waals surface area contributed by atoms with Crippen LogP contribution in [0, 0.1) is 11.6 Å². The average molecular weight is 320 g/mol. The zero-order valence-electron chi connectivity index (χ0n) is 11.3. The van der Waals surface area contributed by atoms with Crippen LogP contribution in [0.4, 0.5) is 19.3 Å². The maximum Gasteiger partial charge on any atom is 0.322 e. The van der Waals surface area contributed by atoms with E-state index in [1.807, 2.05) is 4.90 Å². The Morgan fingerprint density at radius 1 is 1.24 bits per heavy atom. The highest BCUT2D eigenvalue weighted by atomic mass is 35.5. The lowest BCUT2D eigenvalue weighted by Gasteiger charge is -2.34. The Hall–Kier alpha value is -1.44. The quantitative estimate of drug-likeness (QED) is 0.892. The number of rotatable bonds is 3. The number of hydrogen-bond acceptors (Lipinski definition) is 3. The Kier molecular flexibility index (Phi) is 5.33. The van der Waals surface area contributed by atoms with Gasteiger partial charge in [0, 0.05) is 37.7 Å². The van der Waals surface area contributed by atoms with Crippen molar-refractivity contribution in [3.05, 3.63) is 28.8 Å². The van der Waals surface area contributed by atoms with Crippen molar-refractivity contribution in [2.75, 3.05) is 44.6 Å². The van der Waals surface area contributed by atoms with Gasteiger partial charge in [0.1, 0.15) is 5.69 Å². The van der Waals surface area contributed by atoms with Crippen molar-refractivity contribution in [3.63, 3.8) is 0 Å². The molecular formula is C13H16ClF2N3O2. The maximum absolute atomic E-state index is 13.6. The van der Waals surface area contributed by atoms with E-state index >= 15 is 0 Å². The highest BCUT2D eigenvalue weighted by molar-refractivity contribution is 6.30.